The summed E-state index contributed by atoms with van der Waals surface area (Å²) in [5, 5.41) is 4.45. The number of aryl methyl sites for hydroxylation is 2. The second-order valence-corrected chi connectivity index (χ2v) is 17.6. The largest absolute Gasteiger partial charge is 0.490 e. The molecule has 2 aromatic carbocycles. The molecule has 4 N–H and O–H groups in total. The van der Waals surface area contributed by atoms with Gasteiger partial charge in [0.1, 0.15) is 23.6 Å². The molecule has 5 rings (SSSR count). The Morgan fingerprint density at radius 3 is 2.17 bits per heavy atom. The van der Waals surface area contributed by atoms with Gasteiger partial charge >= 0.3 is 0 Å². The van der Waals surface area contributed by atoms with Gasteiger partial charge in [-0.05, 0) is 151 Å². The number of fused-ring (bicyclic) bond motifs is 1. The van der Waals surface area contributed by atoms with Crippen molar-refractivity contribution in [1.82, 2.24) is 10.3 Å². The van der Waals surface area contributed by atoms with Crippen molar-refractivity contribution < 1.29 is 28.2 Å². The first-order valence-electron chi connectivity index (χ1n) is 23.1. The van der Waals surface area contributed by atoms with Crippen molar-refractivity contribution in [2.24, 2.45) is 22.1 Å². The van der Waals surface area contributed by atoms with E-state index in [0.717, 1.165) is 84.3 Å². The average Bonchev–Trinajstić information content (AvgIpc) is 3.69. The normalized spacial score (nSPS) is 16.2. The fraction of sp³-hybridized carbons (Fsp3) is 0.547. The number of halogens is 1. The Bertz CT molecular complexity index is 1980. The zero-order chi connectivity index (χ0) is 47.7. The van der Waals surface area contributed by atoms with Gasteiger partial charge in [0.2, 0.25) is 5.78 Å². The van der Waals surface area contributed by atoms with Crippen LogP contribution in [0.1, 0.15) is 168 Å². The van der Waals surface area contributed by atoms with E-state index in [9.17, 15) is 14.0 Å². The number of Topliss-reactive ketones (excluding diaryl/α,β-unsaturated/α-hetero) is 2. The molecule has 0 spiro atoms. The lowest BCUT2D eigenvalue weighted by Crippen LogP contribution is -2.24. The summed E-state index contributed by atoms with van der Waals surface area (Å²) in [6.07, 6.45) is 13.8. The Balaban J connectivity index is 0.00000107. The second kappa shape index (κ2) is 29.5. The number of nitrogens with two attached hydrogens (primary N) is 1. The van der Waals surface area contributed by atoms with Crippen LogP contribution >= 0.6 is 0 Å². The van der Waals surface area contributed by atoms with E-state index in [0.29, 0.717) is 35.7 Å². The molecule has 0 saturated carbocycles. The SMILES string of the molecule is CC.CC(=O)C(C)(C)C.CC(C)C.CC=O.CCc1cc2[nH]c(C(=O)/C(C=NCC(C)c3ccc(OC4=CCCC=C4F)cc3C)=C(/C)N)cc2cc1OC1CCCCCNCC1. The molecule has 1 fully saturated rings. The van der Waals surface area contributed by atoms with Crippen molar-refractivity contribution in [2.75, 3.05) is 19.6 Å². The molecule has 2 heterocycles. The van der Waals surface area contributed by atoms with Crippen molar-refractivity contribution in [1.29, 1.82) is 0 Å². The fourth-order valence-corrected chi connectivity index (χ4v) is 6.33. The van der Waals surface area contributed by atoms with Crippen molar-refractivity contribution in [3.8, 4) is 11.5 Å². The average molecular weight is 873 g/mol. The molecule has 1 saturated heterocycles. The molecule has 1 aliphatic carbocycles. The molecule has 2 aliphatic rings. The Morgan fingerprint density at radius 2 is 1.60 bits per heavy atom. The van der Waals surface area contributed by atoms with Crippen LogP contribution < -0.4 is 20.5 Å². The zero-order valence-corrected chi connectivity index (χ0v) is 41.2. The van der Waals surface area contributed by atoms with Crippen molar-refractivity contribution in [3.05, 3.63) is 93.8 Å². The lowest BCUT2D eigenvalue weighted by Gasteiger charge is -2.20. The van der Waals surface area contributed by atoms with Crippen LogP contribution in [0.3, 0.4) is 0 Å². The van der Waals surface area contributed by atoms with E-state index in [1.165, 1.54) is 26.2 Å². The molecule has 63 heavy (non-hydrogen) atoms. The lowest BCUT2D eigenvalue weighted by molar-refractivity contribution is -0.124. The maximum Gasteiger partial charge on any atom is 0.212 e. The number of H-pyrrole nitrogens is 1. The van der Waals surface area contributed by atoms with Gasteiger partial charge in [0, 0.05) is 40.7 Å². The number of aromatic nitrogens is 1. The first-order chi connectivity index (χ1) is 29.8. The molecule has 0 bridgehead atoms. The van der Waals surface area contributed by atoms with Crippen LogP contribution in [0.4, 0.5) is 4.39 Å². The minimum absolute atomic E-state index is 0.0808. The van der Waals surface area contributed by atoms with E-state index in [4.69, 9.17) is 20.0 Å². The number of hydrogen-bond acceptors (Lipinski definition) is 8. The number of aromatic amines is 1. The number of benzene rings is 2. The Hall–Kier alpha value is -4.83. The number of ether oxygens (including phenoxy) is 2. The molecule has 3 aromatic rings. The third-order valence-corrected chi connectivity index (χ3v) is 10.1. The minimum Gasteiger partial charge on any atom is -0.490 e. The maximum atomic E-state index is 14.1. The Morgan fingerprint density at radius 1 is 0.968 bits per heavy atom. The number of allylic oxidation sites excluding steroid dienone is 5. The summed E-state index contributed by atoms with van der Waals surface area (Å²) >= 11 is 0. The van der Waals surface area contributed by atoms with E-state index < -0.39 is 0 Å². The number of nitrogens with one attached hydrogen (secondary N) is 2. The number of aldehydes is 1. The molecule has 1 aliphatic heterocycles. The summed E-state index contributed by atoms with van der Waals surface area (Å²) in [7, 11) is 0. The van der Waals surface area contributed by atoms with Gasteiger partial charge in [-0.25, -0.2) is 4.39 Å². The molecular weight excluding hydrogens is 792 g/mol. The highest BCUT2D eigenvalue weighted by Gasteiger charge is 2.20. The monoisotopic (exact) mass is 873 g/mol. The van der Waals surface area contributed by atoms with Gasteiger partial charge in [0.15, 0.2) is 11.6 Å². The van der Waals surface area contributed by atoms with E-state index in [1.807, 2.05) is 65.8 Å². The third-order valence-electron chi connectivity index (χ3n) is 10.1. The molecular formula is C53H81FN4O5. The smallest absolute Gasteiger partial charge is 0.212 e. The number of ketones is 2. The standard InChI is InChI=1S/C39H49FN4O3.C6H12O.C4H10.C2H4O.C2H6/c1-5-28-20-35-29(22-38(28)46-30-11-7-6-10-17-42-18-16-30)21-36(44-35)39(45)33(27(4)41)24-43-23-26(3)32-15-14-31(19-25(32)2)47-37-13-9-8-12-34(37)40;1-5(7)6(2,3)4;1-4(2)3;1-2-3;1-2/h12-15,19-22,24,26,30,42,44H,5-11,16-18,23,41H2,1-4H3;1-4H3;4H,1-3H3;2H,1H3;1-2H3/b33-27-,43-24?;;;;. The number of hydrogen-bond donors (Lipinski definition) is 3. The van der Waals surface area contributed by atoms with Crippen LogP contribution in [0.2, 0.25) is 0 Å². The second-order valence-electron chi connectivity index (χ2n) is 17.6. The van der Waals surface area contributed by atoms with E-state index in [1.54, 1.807) is 32.2 Å². The molecule has 10 heteroatoms. The predicted molar refractivity (Wildman–Crippen MR) is 263 cm³/mol. The fourth-order valence-electron chi connectivity index (χ4n) is 6.33. The number of rotatable bonds is 11. The lowest BCUT2D eigenvalue weighted by atomic mass is 9.92. The highest BCUT2D eigenvalue weighted by atomic mass is 19.1. The number of nitrogens with zero attached hydrogens (tertiary/aromatic N) is 1. The predicted octanol–water partition coefficient (Wildman–Crippen LogP) is 13.1. The Kier molecular flexibility index (Phi) is 26.3. The van der Waals surface area contributed by atoms with Gasteiger partial charge in [0.05, 0.1) is 17.4 Å². The summed E-state index contributed by atoms with van der Waals surface area (Å²) in [5.41, 5.74) is 11.5. The molecule has 2 unspecified atom stereocenters. The molecule has 0 radical (unpaired) electrons. The van der Waals surface area contributed by atoms with Crippen LogP contribution in [-0.4, -0.2) is 54.8 Å². The summed E-state index contributed by atoms with van der Waals surface area (Å²) in [4.78, 5) is 40.9. The molecule has 9 nitrogen and oxygen atoms in total. The molecule has 350 valence electrons. The molecule has 0 amide bonds. The Labute approximate surface area is 379 Å². The summed E-state index contributed by atoms with van der Waals surface area (Å²) in [6, 6.07) is 11.8. The van der Waals surface area contributed by atoms with Gasteiger partial charge < -0.3 is 30.3 Å². The molecule has 1 aromatic heterocycles. The third kappa shape index (κ3) is 20.5. The number of carbonyl (C=O) groups excluding carboxylic acids is 3. The first kappa shape index (κ1) is 56.2. The van der Waals surface area contributed by atoms with Gasteiger partial charge in [-0.15, -0.1) is 0 Å². The minimum atomic E-state index is -0.320. The van der Waals surface area contributed by atoms with Crippen LogP contribution in [0, 0.1) is 18.3 Å². The first-order valence-corrected chi connectivity index (χ1v) is 23.1. The highest BCUT2D eigenvalue weighted by Crippen LogP contribution is 2.31. The van der Waals surface area contributed by atoms with Gasteiger partial charge in [0.25, 0.3) is 0 Å². The summed E-state index contributed by atoms with van der Waals surface area (Å²) < 4.78 is 26.5. The van der Waals surface area contributed by atoms with E-state index in [-0.39, 0.29) is 40.6 Å². The van der Waals surface area contributed by atoms with Crippen LogP contribution in [0.25, 0.3) is 10.9 Å². The number of carbonyl (C=O) groups is 3. The maximum absolute atomic E-state index is 14.1. The van der Waals surface area contributed by atoms with Gasteiger partial charge in [-0.3, -0.25) is 14.6 Å². The van der Waals surface area contributed by atoms with E-state index >= 15 is 0 Å². The number of aliphatic imine (C=N–C) groups is 1. The van der Waals surface area contributed by atoms with Gasteiger partial charge in [-0.2, -0.15) is 0 Å². The van der Waals surface area contributed by atoms with Crippen LogP contribution in [0.15, 0.2) is 76.4 Å². The highest BCUT2D eigenvalue weighted by molar-refractivity contribution is 6.22. The van der Waals surface area contributed by atoms with E-state index in [2.05, 4.69) is 62.0 Å². The van der Waals surface area contributed by atoms with Crippen molar-refractivity contribution >= 4 is 35.0 Å². The van der Waals surface area contributed by atoms with Crippen molar-refractivity contribution in [2.45, 2.75) is 160 Å². The molecule has 2 atom stereocenters. The van der Waals surface area contributed by atoms with Crippen molar-refractivity contribution in [3.63, 3.8) is 0 Å². The topological polar surface area (TPSA) is 136 Å². The zero-order valence-electron chi connectivity index (χ0n) is 41.2. The summed E-state index contributed by atoms with van der Waals surface area (Å²) in [6.45, 7) is 29.7. The quantitative estimate of drug-likeness (QED) is 0.0755. The summed E-state index contributed by atoms with van der Waals surface area (Å²) in [5.74, 6) is 2.41. The van der Waals surface area contributed by atoms with Crippen LogP contribution in [0.5, 0.6) is 11.5 Å². The van der Waals surface area contributed by atoms with Gasteiger partial charge in [-0.1, -0.05) is 81.7 Å². The van der Waals surface area contributed by atoms with Crippen LogP contribution in [-0.2, 0) is 16.0 Å².